The van der Waals surface area contributed by atoms with Crippen molar-refractivity contribution >= 4 is 0 Å². The quantitative estimate of drug-likeness (QED) is 0.653. The van der Waals surface area contributed by atoms with Crippen LogP contribution < -0.4 is 0 Å². The van der Waals surface area contributed by atoms with Crippen LogP contribution in [0.5, 0.6) is 0 Å². The largest absolute Gasteiger partial charge is 0.0801 e. The average Bonchev–Trinajstić information content (AvgIpc) is 2.49. The first-order valence-corrected chi connectivity index (χ1v) is 7.76. The molecule has 0 N–H and O–H groups in total. The summed E-state index contributed by atoms with van der Waals surface area (Å²) in [6, 6.07) is 10.9. The third-order valence-corrected chi connectivity index (χ3v) is 4.84. The first kappa shape index (κ1) is 12.7. The molecule has 0 unspecified atom stereocenters. The van der Waals surface area contributed by atoms with Gasteiger partial charge in [0.2, 0.25) is 0 Å². The molecule has 0 spiro atoms. The number of hydrogen-bond donors (Lipinski definition) is 0. The maximum atomic E-state index is 2.50. The fourth-order valence-electron chi connectivity index (χ4n) is 3.48. The predicted molar refractivity (Wildman–Crippen MR) is 82.1 cm³/mol. The molecule has 1 aromatic carbocycles. The number of hydrogen-bond acceptors (Lipinski definition) is 0. The van der Waals surface area contributed by atoms with Crippen LogP contribution in [0.15, 0.2) is 54.1 Å². The summed E-state index contributed by atoms with van der Waals surface area (Å²) in [4.78, 5) is 0. The Morgan fingerprint density at radius 3 is 2.32 bits per heavy atom. The van der Waals surface area contributed by atoms with Gasteiger partial charge in [-0.05, 0) is 42.2 Å². The van der Waals surface area contributed by atoms with Crippen LogP contribution in [0.3, 0.4) is 0 Å². The zero-order valence-corrected chi connectivity index (χ0v) is 11.9. The van der Waals surface area contributed by atoms with Gasteiger partial charge in [0, 0.05) is 5.92 Å². The maximum Gasteiger partial charge on any atom is 0.00559 e. The van der Waals surface area contributed by atoms with Crippen molar-refractivity contribution in [2.45, 2.75) is 44.9 Å². The Morgan fingerprint density at radius 2 is 1.68 bits per heavy atom. The van der Waals surface area contributed by atoms with Crippen molar-refractivity contribution in [2.24, 2.45) is 11.8 Å². The Hall–Kier alpha value is -1.30. The summed E-state index contributed by atoms with van der Waals surface area (Å²) in [5, 5.41) is 0. The first-order valence-electron chi connectivity index (χ1n) is 7.76. The highest BCUT2D eigenvalue weighted by Crippen LogP contribution is 2.37. The molecule has 0 aliphatic heterocycles. The van der Waals surface area contributed by atoms with Gasteiger partial charge in [0.05, 0.1) is 0 Å². The lowest BCUT2D eigenvalue weighted by Crippen LogP contribution is -2.15. The molecule has 0 saturated heterocycles. The van der Waals surface area contributed by atoms with Crippen molar-refractivity contribution in [3.05, 3.63) is 59.7 Å². The van der Waals surface area contributed by atoms with Crippen LogP contribution in [0.1, 0.15) is 50.5 Å². The molecule has 2 aliphatic rings. The molecule has 2 aliphatic carbocycles. The lowest BCUT2D eigenvalue weighted by molar-refractivity contribution is 0.322. The van der Waals surface area contributed by atoms with Crippen molar-refractivity contribution in [1.82, 2.24) is 0 Å². The van der Waals surface area contributed by atoms with Crippen LogP contribution in [-0.4, -0.2) is 0 Å². The molecule has 1 saturated carbocycles. The molecular formula is C19H24. The van der Waals surface area contributed by atoms with Gasteiger partial charge in [-0.2, -0.15) is 0 Å². The predicted octanol–water partition coefficient (Wildman–Crippen LogP) is 5.48. The molecule has 0 bridgehead atoms. The monoisotopic (exact) mass is 252 g/mol. The van der Waals surface area contributed by atoms with E-state index in [1.54, 1.807) is 5.57 Å². The van der Waals surface area contributed by atoms with E-state index in [0.717, 1.165) is 11.8 Å². The fourth-order valence-corrected chi connectivity index (χ4v) is 3.48. The summed E-state index contributed by atoms with van der Waals surface area (Å²) in [6.45, 7) is 2.40. The van der Waals surface area contributed by atoms with E-state index < -0.39 is 0 Å². The van der Waals surface area contributed by atoms with Gasteiger partial charge in [-0.3, -0.25) is 0 Å². The second-order valence-corrected chi connectivity index (χ2v) is 6.27. The van der Waals surface area contributed by atoms with Crippen LogP contribution in [-0.2, 0) is 0 Å². The molecule has 0 radical (unpaired) electrons. The van der Waals surface area contributed by atoms with Crippen molar-refractivity contribution in [3.63, 3.8) is 0 Å². The van der Waals surface area contributed by atoms with Gasteiger partial charge in [-0.1, -0.05) is 68.3 Å². The van der Waals surface area contributed by atoms with E-state index >= 15 is 0 Å². The van der Waals surface area contributed by atoms with Crippen LogP contribution in [0.4, 0.5) is 0 Å². The van der Waals surface area contributed by atoms with Gasteiger partial charge < -0.3 is 0 Å². The molecule has 100 valence electrons. The highest BCUT2D eigenvalue weighted by molar-refractivity contribution is 5.34. The van der Waals surface area contributed by atoms with Crippen LogP contribution in [0.25, 0.3) is 0 Å². The molecule has 3 rings (SSSR count). The third-order valence-electron chi connectivity index (χ3n) is 4.84. The van der Waals surface area contributed by atoms with E-state index in [9.17, 15) is 0 Å². The summed E-state index contributed by atoms with van der Waals surface area (Å²) >= 11 is 0. The fraction of sp³-hybridized carbons (Fsp3) is 0.474. The molecule has 1 fully saturated rings. The topological polar surface area (TPSA) is 0 Å². The smallest absolute Gasteiger partial charge is 0.00559 e. The van der Waals surface area contributed by atoms with Crippen LogP contribution in [0.2, 0.25) is 0 Å². The molecule has 0 aromatic heterocycles. The normalized spacial score (nSPS) is 31.0. The number of benzene rings is 1. The molecule has 1 aromatic rings. The molecule has 0 heteroatoms. The Morgan fingerprint density at radius 1 is 0.947 bits per heavy atom. The molecule has 19 heavy (non-hydrogen) atoms. The van der Waals surface area contributed by atoms with Gasteiger partial charge >= 0.3 is 0 Å². The Kier molecular flexibility index (Phi) is 3.87. The average molecular weight is 252 g/mol. The lowest BCUT2D eigenvalue weighted by atomic mass is 9.77. The van der Waals surface area contributed by atoms with Crippen LogP contribution >= 0.6 is 0 Å². The standard InChI is InChI=1S/C19H24/c1-15-7-9-17(10-8-15)19-13-11-18(12-14-19)16-5-3-2-4-6-16/h2-6,11,13-15,17-18H,7-10,12H2,1H3/t15?,17?,18-/m1/s1. The van der Waals surface area contributed by atoms with E-state index in [2.05, 4.69) is 55.5 Å². The summed E-state index contributed by atoms with van der Waals surface area (Å²) in [7, 11) is 0. The van der Waals surface area contributed by atoms with E-state index in [1.165, 1.54) is 37.7 Å². The van der Waals surface area contributed by atoms with Crippen LogP contribution in [0, 0.1) is 11.8 Å². The molecule has 0 nitrogen and oxygen atoms in total. The van der Waals surface area contributed by atoms with Crippen molar-refractivity contribution in [1.29, 1.82) is 0 Å². The van der Waals surface area contributed by atoms with Gasteiger partial charge in [0.25, 0.3) is 0 Å². The third kappa shape index (κ3) is 3.00. The van der Waals surface area contributed by atoms with Crippen molar-refractivity contribution < 1.29 is 0 Å². The van der Waals surface area contributed by atoms with Crippen molar-refractivity contribution in [2.75, 3.05) is 0 Å². The zero-order valence-electron chi connectivity index (χ0n) is 11.9. The summed E-state index contributed by atoms with van der Waals surface area (Å²) < 4.78 is 0. The van der Waals surface area contributed by atoms with Crippen molar-refractivity contribution in [3.8, 4) is 0 Å². The Labute approximate surface area is 117 Å². The summed E-state index contributed by atoms with van der Waals surface area (Å²) in [5.41, 5.74) is 3.06. The van der Waals surface area contributed by atoms with E-state index in [4.69, 9.17) is 0 Å². The van der Waals surface area contributed by atoms with Gasteiger partial charge in [-0.25, -0.2) is 0 Å². The highest BCUT2D eigenvalue weighted by Gasteiger charge is 2.22. The number of allylic oxidation sites excluding steroid dienone is 4. The SMILES string of the molecule is CC1CCC(C2=CC[C@H](c3ccccc3)C=C2)CC1. The summed E-state index contributed by atoms with van der Waals surface area (Å²) in [6.07, 6.45) is 14.1. The molecule has 0 amide bonds. The maximum absolute atomic E-state index is 2.50. The zero-order chi connectivity index (χ0) is 13.1. The minimum Gasteiger partial charge on any atom is -0.0801 e. The minimum absolute atomic E-state index is 0.590. The molecular weight excluding hydrogens is 228 g/mol. The highest BCUT2D eigenvalue weighted by atomic mass is 14.3. The van der Waals surface area contributed by atoms with Gasteiger partial charge in [0.1, 0.15) is 0 Å². The second-order valence-electron chi connectivity index (χ2n) is 6.27. The number of rotatable bonds is 2. The van der Waals surface area contributed by atoms with E-state index in [0.29, 0.717) is 5.92 Å². The van der Waals surface area contributed by atoms with E-state index in [1.807, 2.05) is 0 Å². The molecule has 1 atom stereocenters. The van der Waals surface area contributed by atoms with Gasteiger partial charge in [-0.15, -0.1) is 0 Å². The Balaban J connectivity index is 1.63. The first-order chi connectivity index (χ1) is 9.33. The summed E-state index contributed by atoms with van der Waals surface area (Å²) in [5.74, 6) is 2.37. The minimum atomic E-state index is 0.590. The second kappa shape index (κ2) is 5.77. The van der Waals surface area contributed by atoms with E-state index in [-0.39, 0.29) is 0 Å². The molecule has 0 heterocycles. The van der Waals surface area contributed by atoms with Gasteiger partial charge in [0.15, 0.2) is 0 Å². The Bertz CT molecular complexity index is 458. The lowest BCUT2D eigenvalue weighted by Gasteiger charge is -2.29.